The van der Waals surface area contributed by atoms with Gasteiger partial charge in [-0.15, -0.1) is 0 Å². The summed E-state index contributed by atoms with van der Waals surface area (Å²) in [6.45, 7) is 0. The van der Waals surface area contributed by atoms with Crippen molar-refractivity contribution in [2.45, 2.75) is 0 Å². The van der Waals surface area contributed by atoms with E-state index in [-0.39, 0.29) is 19.5 Å². The Morgan fingerprint density at radius 1 is 1.75 bits per heavy atom. The van der Waals surface area contributed by atoms with Gasteiger partial charge in [-0.3, -0.25) is 0 Å². The Bertz CT molecular complexity index is 29.0. The monoisotopic (exact) mass is 162 g/mol. The summed E-state index contributed by atoms with van der Waals surface area (Å²) in [4.78, 5) is 8.54. The van der Waals surface area contributed by atoms with E-state index in [1.807, 2.05) is 0 Å². The van der Waals surface area contributed by atoms with Crippen molar-refractivity contribution in [3.05, 3.63) is 0 Å². The van der Waals surface area contributed by atoms with Crippen LogP contribution in [-0.4, -0.2) is 5.66 Å². The molecule has 0 N–H and O–H groups in total. The SMILES string of the molecule is O=C=[P].[Rh]. The van der Waals surface area contributed by atoms with E-state index in [4.69, 9.17) is 4.79 Å². The van der Waals surface area contributed by atoms with Gasteiger partial charge in [-0.1, -0.05) is 0 Å². The second-order valence-electron chi connectivity index (χ2n) is 0.0913. The van der Waals surface area contributed by atoms with E-state index >= 15 is 0 Å². The molecule has 0 saturated carbocycles. The molecule has 1 nitrogen and oxygen atoms in total. The zero-order chi connectivity index (χ0) is 2.71. The maximum absolute atomic E-state index is 8.54. The zero-order valence-corrected chi connectivity index (χ0v) is 4.22. The van der Waals surface area contributed by atoms with Crippen molar-refractivity contribution in [1.29, 1.82) is 0 Å². The van der Waals surface area contributed by atoms with E-state index in [2.05, 4.69) is 8.86 Å². The first-order chi connectivity index (χ1) is 1.41. The van der Waals surface area contributed by atoms with Crippen LogP contribution in [0, 0.1) is 0 Å². The minimum absolute atomic E-state index is 0. The molecule has 2 radical (unpaired) electrons. The maximum Gasteiger partial charge on any atom is 0.160 e. The third kappa shape index (κ3) is 22.3. The van der Waals surface area contributed by atoms with Gasteiger partial charge in [0, 0.05) is 19.5 Å². The van der Waals surface area contributed by atoms with E-state index in [1.54, 1.807) is 0 Å². The Balaban J connectivity index is 0. The summed E-state index contributed by atoms with van der Waals surface area (Å²) in [5.74, 6) is 0. The molecule has 0 atom stereocenters. The Hall–Kier alpha value is 0.503. The molecule has 0 rings (SSSR count). The molecule has 24 valence electrons. The molecule has 0 aliphatic rings. The standard InChI is InChI=1S/COP.Rh/c2-1-3;. The van der Waals surface area contributed by atoms with Crippen molar-refractivity contribution in [3.8, 4) is 0 Å². The molecule has 0 fully saturated rings. The van der Waals surface area contributed by atoms with Gasteiger partial charge in [0.1, 0.15) is 0 Å². The van der Waals surface area contributed by atoms with Crippen LogP contribution < -0.4 is 0 Å². The zero-order valence-electron chi connectivity index (χ0n) is 1.69. The Morgan fingerprint density at radius 2 is 1.75 bits per heavy atom. The minimum atomic E-state index is 0. The first kappa shape index (κ1) is 8.82. The maximum atomic E-state index is 8.54. The summed E-state index contributed by atoms with van der Waals surface area (Å²) < 4.78 is 0. The summed E-state index contributed by atoms with van der Waals surface area (Å²) >= 11 is 0. The van der Waals surface area contributed by atoms with Crippen LogP contribution in [0.1, 0.15) is 0 Å². The molecule has 0 aromatic heterocycles. The molecule has 0 aliphatic heterocycles. The van der Waals surface area contributed by atoms with Gasteiger partial charge >= 0.3 is 0 Å². The van der Waals surface area contributed by atoms with E-state index in [0.29, 0.717) is 0 Å². The van der Waals surface area contributed by atoms with Gasteiger partial charge in [-0.25, -0.2) is 4.79 Å². The van der Waals surface area contributed by atoms with Crippen LogP contribution in [0.3, 0.4) is 0 Å². The van der Waals surface area contributed by atoms with Gasteiger partial charge < -0.3 is 0 Å². The number of hydrogen-bond donors (Lipinski definition) is 0. The van der Waals surface area contributed by atoms with E-state index in [1.165, 1.54) is 5.66 Å². The van der Waals surface area contributed by atoms with Crippen LogP contribution >= 0.6 is 8.86 Å². The van der Waals surface area contributed by atoms with E-state index in [9.17, 15) is 0 Å². The van der Waals surface area contributed by atoms with Gasteiger partial charge in [0.15, 0.2) is 5.66 Å². The van der Waals surface area contributed by atoms with Crippen molar-refractivity contribution in [1.82, 2.24) is 0 Å². The van der Waals surface area contributed by atoms with Gasteiger partial charge in [0.2, 0.25) is 0 Å². The number of carbonyl (C=O) groups excluding carboxylic acids is 1. The number of hydrogen-bond acceptors (Lipinski definition) is 1. The second-order valence-corrected chi connectivity index (χ2v) is 0.274. The third-order valence-corrected chi connectivity index (χ3v) is 0. The molecule has 0 aromatic rings. The molecule has 0 aliphatic carbocycles. The molecular weight excluding hydrogens is 162 g/mol. The average Bonchev–Trinajstić information content (AvgIpc) is 0.918. The van der Waals surface area contributed by atoms with Gasteiger partial charge in [-0.2, -0.15) is 0 Å². The molecule has 0 heterocycles. The van der Waals surface area contributed by atoms with Crippen LogP contribution in [-0.2, 0) is 24.3 Å². The molecule has 0 unspecified atom stereocenters. The summed E-state index contributed by atoms with van der Waals surface area (Å²) in [5.41, 5.74) is 1.19. The van der Waals surface area contributed by atoms with E-state index in [0.717, 1.165) is 0 Å². The molecule has 0 amide bonds. The Kier molecular flexibility index (Phi) is 21.4. The fourth-order valence-electron chi connectivity index (χ4n) is 0. The quantitative estimate of drug-likeness (QED) is 0.373. The fraction of sp³-hybridized carbons (Fsp3) is 0. The van der Waals surface area contributed by atoms with E-state index < -0.39 is 0 Å². The van der Waals surface area contributed by atoms with Crippen LogP contribution in [0.25, 0.3) is 0 Å². The molecule has 3 heteroatoms. The van der Waals surface area contributed by atoms with Crippen molar-refractivity contribution in [2.24, 2.45) is 0 Å². The summed E-state index contributed by atoms with van der Waals surface area (Å²) in [6.07, 6.45) is 0. The summed E-state index contributed by atoms with van der Waals surface area (Å²) in [5, 5.41) is 0. The van der Waals surface area contributed by atoms with Crippen molar-refractivity contribution in [2.75, 3.05) is 0 Å². The third-order valence-electron chi connectivity index (χ3n) is 0. The number of rotatable bonds is 0. The predicted octanol–water partition coefficient (Wildman–Crippen LogP) is 0.462. The van der Waals surface area contributed by atoms with Crippen LogP contribution in [0.5, 0.6) is 0 Å². The van der Waals surface area contributed by atoms with Crippen LogP contribution in [0.15, 0.2) is 0 Å². The van der Waals surface area contributed by atoms with Crippen LogP contribution in [0.2, 0.25) is 0 Å². The Morgan fingerprint density at radius 3 is 1.75 bits per heavy atom. The van der Waals surface area contributed by atoms with Crippen molar-refractivity contribution in [3.63, 3.8) is 0 Å². The average molecular weight is 162 g/mol. The Labute approximate surface area is 39.4 Å². The molecule has 0 saturated heterocycles. The van der Waals surface area contributed by atoms with Crippen molar-refractivity contribution >= 4 is 14.5 Å². The second kappa shape index (κ2) is 9.71. The molecule has 0 spiro atoms. The summed E-state index contributed by atoms with van der Waals surface area (Å²) in [6, 6.07) is 0. The topological polar surface area (TPSA) is 17.1 Å². The molecule has 0 aromatic carbocycles. The predicted molar refractivity (Wildman–Crippen MR) is 12.6 cm³/mol. The molecule has 4 heavy (non-hydrogen) atoms. The normalized spacial score (nSPS) is 2.00. The molecule has 0 bridgehead atoms. The minimum Gasteiger partial charge on any atom is -0.228 e. The first-order valence-electron chi connectivity index (χ1n) is 0.428. The molecular formula is COPRh. The van der Waals surface area contributed by atoms with Crippen molar-refractivity contribution < 1.29 is 24.3 Å². The van der Waals surface area contributed by atoms with Gasteiger partial charge in [0.05, 0.1) is 8.86 Å². The fourth-order valence-corrected chi connectivity index (χ4v) is 0. The largest absolute Gasteiger partial charge is 0.228 e. The summed E-state index contributed by atoms with van der Waals surface area (Å²) in [7, 11) is 2.98. The van der Waals surface area contributed by atoms with Crippen LogP contribution in [0.4, 0.5) is 0 Å². The van der Waals surface area contributed by atoms with Gasteiger partial charge in [-0.05, 0) is 0 Å². The smallest absolute Gasteiger partial charge is 0.160 e. The van der Waals surface area contributed by atoms with Gasteiger partial charge in [0.25, 0.3) is 0 Å². The first-order valence-corrected chi connectivity index (χ1v) is 0.875.